The van der Waals surface area contributed by atoms with Gasteiger partial charge in [-0.3, -0.25) is 0 Å². The van der Waals surface area contributed by atoms with Gasteiger partial charge in [0.05, 0.1) is 0 Å². The van der Waals surface area contributed by atoms with Crippen LogP contribution in [0.25, 0.3) is 0 Å². The molecule has 19 heavy (non-hydrogen) atoms. The average Bonchev–Trinajstić information content (AvgIpc) is 3.12. The van der Waals surface area contributed by atoms with E-state index in [1.54, 1.807) is 0 Å². The number of nitrogen functional groups attached to an aromatic ring is 1. The Morgan fingerprint density at radius 3 is 2.84 bits per heavy atom. The van der Waals surface area contributed by atoms with Crippen molar-refractivity contribution in [2.45, 2.75) is 38.5 Å². The molecule has 0 aromatic carbocycles. The molecule has 3 rings (SSSR count). The summed E-state index contributed by atoms with van der Waals surface area (Å²) in [5, 5.41) is 3.42. The number of anilines is 2. The highest BCUT2D eigenvalue weighted by Crippen LogP contribution is 2.39. The molecular weight excluding hydrogens is 240 g/mol. The maximum atomic E-state index is 5.97. The maximum absolute atomic E-state index is 5.97. The molecule has 1 unspecified atom stereocenters. The fraction of sp³-hybridized carbons (Fsp3) is 0.714. The van der Waals surface area contributed by atoms with Gasteiger partial charge in [0.2, 0.25) is 0 Å². The lowest BCUT2D eigenvalue weighted by Crippen LogP contribution is -2.13. The normalized spacial score (nSPS) is 22.7. The molecule has 0 spiro atoms. The fourth-order valence-corrected chi connectivity index (χ4v) is 2.45. The Morgan fingerprint density at radius 2 is 2.16 bits per heavy atom. The van der Waals surface area contributed by atoms with Gasteiger partial charge in [-0.05, 0) is 38.5 Å². The van der Waals surface area contributed by atoms with Crippen LogP contribution >= 0.6 is 0 Å². The Hall–Kier alpha value is -1.36. The lowest BCUT2D eigenvalue weighted by atomic mass is 10.1. The van der Waals surface area contributed by atoms with Crippen molar-refractivity contribution in [1.82, 2.24) is 9.97 Å². The zero-order chi connectivity index (χ0) is 13.2. The topological polar surface area (TPSA) is 73.1 Å². The zero-order valence-electron chi connectivity index (χ0n) is 11.5. The largest absolute Gasteiger partial charge is 0.383 e. The molecule has 104 valence electrons. The minimum Gasteiger partial charge on any atom is -0.383 e. The first-order chi connectivity index (χ1) is 9.24. The van der Waals surface area contributed by atoms with Crippen LogP contribution in [0.2, 0.25) is 0 Å². The third kappa shape index (κ3) is 2.97. The van der Waals surface area contributed by atoms with Crippen LogP contribution < -0.4 is 11.1 Å². The molecule has 1 atom stereocenters. The molecule has 2 aliphatic rings. The van der Waals surface area contributed by atoms with Crippen molar-refractivity contribution in [3.05, 3.63) is 11.4 Å². The first kappa shape index (κ1) is 12.7. The first-order valence-electron chi connectivity index (χ1n) is 7.19. The standard InChI is InChI=1S/C14H22N4O/c1-9-12(15)17-14(11-2-3-11)18-13(9)16-6-4-10-5-7-19-8-10/h10-11H,2-8H2,1H3,(H3,15,16,17,18). The summed E-state index contributed by atoms with van der Waals surface area (Å²) in [6.07, 6.45) is 4.70. The summed E-state index contributed by atoms with van der Waals surface area (Å²) >= 11 is 0. The van der Waals surface area contributed by atoms with Gasteiger partial charge in [-0.15, -0.1) is 0 Å². The Labute approximate surface area is 114 Å². The van der Waals surface area contributed by atoms with Gasteiger partial charge in [-0.25, -0.2) is 9.97 Å². The van der Waals surface area contributed by atoms with Gasteiger partial charge in [0.25, 0.3) is 0 Å². The quantitative estimate of drug-likeness (QED) is 0.850. The van der Waals surface area contributed by atoms with Crippen LogP contribution in [0.15, 0.2) is 0 Å². The van der Waals surface area contributed by atoms with Gasteiger partial charge in [-0.1, -0.05) is 0 Å². The Balaban J connectivity index is 1.62. The van der Waals surface area contributed by atoms with E-state index in [0.29, 0.717) is 17.7 Å². The van der Waals surface area contributed by atoms with Crippen LogP contribution in [0.1, 0.15) is 43.0 Å². The molecule has 1 aliphatic carbocycles. The van der Waals surface area contributed by atoms with Crippen molar-refractivity contribution in [3.8, 4) is 0 Å². The van der Waals surface area contributed by atoms with Crippen molar-refractivity contribution >= 4 is 11.6 Å². The number of aromatic nitrogens is 2. The molecule has 5 heteroatoms. The van der Waals surface area contributed by atoms with E-state index in [2.05, 4.69) is 15.3 Å². The Morgan fingerprint density at radius 1 is 1.32 bits per heavy atom. The molecule has 1 saturated carbocycles. The predicted octanol–water partition coefficient (Wildman–Crippen LogP) is 2.08. The van der Waals surface area contributed by atoms with E-state index in [-0.39, 0.29) is 0 Å². The molecule has 1 aliphatic heterocycles. The summed E-state index contributed by atoms with van der Waals surface area (Å²) < 4.78 is 5.39. The minimum atomic E-state index is 0.534. The van der Waals surface area contributed by atoms with Gasteiger partial charge >= 0.3 is 0 Å². The second-order valence-electron chi connectivity index (χ2n) is 5.66. The van der Waals surface area contributed by atoms with Crippen LogP contribution in [0, 0.1) is 12.8 Å². The number of hydrogen-bond donors (Lipinski definition) is 2. The molecule has 2 fully saturated rings. The van der Waals surface area contributed by atoms with Gasteiger partial charge in [0.15, 0.2) is 0 Å². The first-order valence-corrected chi connectivity index (χ1v) is 7.19. The number of nitrogens with two attached hydrogens (primary N) is 1. The molecule has 1 saturated heterocycles. The van der Waals surface area contributed by atoms with Crippen molar-refractivity contribution in [3.63, 3.8) is 0 Å². The number of rotatable bonds is 5. The highest BCUT2D eigenvalue weighted by molar-refractivity contribution is 5.55. The molecule has 0 radical (unpaired) electrons. The number of nitrogens with zero attached hydrogens (tertiary/aromatic N) is 2. The highest BCUT2D eigenvalue weighted by Gasteiger charge is 2.27. The minimum absolute atomic E-state index is 0.534. The Kier molecular flexibility index (Phi) is 3.55. The number of ether oxygens (including phenoxy) is 1. The molecular formula is C14H22N4O. The van der Waals surface area contributed by atoms with E-state index < -0.39 is 0 Å². The van der Waals surface area contributed by atoms with Crippen molar-refractivity contribution in [2.24, 2.45) is 5.92 Å². The van der Waals surface area contributed by atoms with Crippen LogP contribution in [0.4, 0.5) is 11.6 Å². The SMILES string of the molecule is Cc1c(N)nc(C2CC2)nc1NCCC1CCOC1. The van der Waals surface area contributed by atoms with E-state index in [4.69, 9.17) is 10.5 Å². The van der Waals surface area contributed by atoms with E-state index in [1.807, 2.05) is 6.92 Å². The van der Waals surface area contributed by atoms with Crippen molar-refractivity contribution in [2.75, 3.05) is 30.8 Å². The molecule has 1 aromatic heterocycles. The fourth-order valence-electron chi connectivity index (χ4n) is 2.45. The van der Waals surface area contributed by atoms with Crippen LogP contribution in [-0.4, -0.2) is 29.7 Å². The molecule has 2 heterocycles. The summed E-state index contributed by atoms with van der Waals surface area (Å²) in [6, 6.07) is 0. The molecule has 0 bridgehead atoms. The molecule has 1 aromatic rings. The lowest BCUT2D eigenvalue weighted by molar-refractivity contribution is 0.185. The van der Waals surface area contributed by atoms with Crippen LogP contribution in [0.5, 0.6) is 0 Å². The summed E-state index contributed by atoms with van der Waals surface area (Å²) in [5.74, 6) is 3.66. The van der Waals surface area contributed by atoms with Gasteiger partial charge in [0.1, 0.15) is 17.5 Å². The second kappa shape index (κ2) is 5.33. The van der Waals surface area contributed by atoms with Crippen molar-refractivity contribution < 1.29 is 4.74 Å². The molecule has 5 nitrogen and oxygen atoms in total. The summed E-state index contributed by atoms with van der Waals surface area (Å²) in [6.45, 7) is 4.72. The van der Waals surface area contributed by atoms with Gasteiger partial charge in [0, 0.05) is 31.2 Å². The monoisotopic (exact) mass is 262 g/mol. The van der Waals surface area contributed by atoms with Crippen LogP contribution in [-0.2, 0) is 4.74 Å². The number of hydrogen-bond acceptors (Lipinski definition) is 5. The summed E-state index contributed by atoms with van der Waals surface area (Å²) in [4.78, 5) is 9.01. The zero-order valence-corrected chi connectivity index (χ0v) is 11.5. The number of nitrogens with one attached hydrogen (secondary N) is 1. The summed E-state index contributed by atoms with van der Waals surface area (Å²) in [5.41, 5.74) is 6.93. The third-order valence-electron chi connectivity index (χ3n) is 4.01. The van der Waals surface area contributed by atoms with E-state index >= 15 is 0 Å². The average molecular weight is 262 g/mol. The van der Waals surface area contributed by atoms with E-state index in [0.717, 1.165) is 43.4 Å². The predicted molar refractivity (Wildman–Crippen MR) is 75.2 cm³/mol. The Bertz CT molecular complexity index is 453. The summed E-state index contributed by atoms with van der Waals surface area (Å²) in [7, 11) is 0. The lowest BCUT2D eigenvalue weighted by Gasteiger charge is -2.13. The van der Waals surface area contributed by atoms with Crippen molar-refractivity contribution in [1.29, 1.82) is 0 Å². The van der Waals surface area contributed by atoms with Crippen LogP contribution in [0.3, 0.4) is 0 Å². The smallest absolute Gasteiger partial charge is 0.136 e. The van der Waals surface area contributed by atoms with Gasteiger partial charge < -0.3 is 15.8 Å². The van der Waals surface area contributed by atoms with Gasteiger partial charge in [-0.2, -0.15) is 0 Å². The molecule has 3 N–H and O–H groups in total. The third-order valence-corrected chi connectivity index (χ3v) is 4.01. The molecule has 0 amide bonds. The van der Waals surface area contributed by atoms with E-state index in [9.17, 15) is 0 Å². The van der Waals surface area contributed by atoms with E-state index in [1.165, 1.54) is 19.3 Å². The second-order valence-corrected chi connectivity index (χ2v) is 5.66. The maximum Gasteiger partial charge on any atom is 0.136 e. The highest BCUT2D eigenvalue weighted by atomic mass is 16.5.